The molecule has 0 aliphatic heterocycles. The zero-order valence-electron chi connectivity index (χ0n) is 16.3. The zero-order valence-corrected chi connectivity index (χ0v) is 16.3. The molecular formula is C21H25N5O2. The van der Waals surface area contributed by atoms with Crippen LogP contribution in [0.25, 0.3) is 16.7 Å². The average Bonchev–Trinajstić information content (AvgIpc) is 3.15. The number of amides is 1. The molecule has 1 aliphatic carbocycles. The Kier molecular flexibility index (Phi) is 4.98. The minimum Gasteiger partial charge on any atom is -0.341 e. The van der Waals surface area contributed by atoms with Crippen molar-refractivity contribution in [2.45, 2.75) is 45.2 Å². The van der Waals surface area contributed by atoms with E-state index < -0.39 is 0 Å². The van der Waals surface area contributed by atoms with Crippen molar-refractivity contribution in [2.75, 3.05) is 7.05 Å². The summed E-state index contributed by atoms with van der Waals surface area (Å²) in [6.07, 6.45) is 7.31. The van der Waals surface area contributed by atoms with Gasteiger partial charge in [-0.05, 0) is 43.7 Å². The predicted molar refractivity (Wildman–Crippen MR) is 107 cm³/mol. The first-order chi connectivity index (χ1) is 13.5. The SMILES string of the molecule is CC1CCC(N(C)C(=O)Cn2cnc3c(cnn3-c3ccccc3)c2=O)CC1. The summed E-state index contributed by atoms with van der Waals surface area (Å²) in [6, 6.07) is 9.81. The van der Waals surface area contributed by atoms with Crippen molar-refractivity contribution in [1.29, 1.82) is 0 Å². The van der Waals surface area contributed by atoms with Gasteiger partial charge in [-0.1, -0.05) is 25.1 Å². The summed E-state index contributed by atoms with van der Waals surface area (Å²) < 4.78 is 3.02. The summed E-state index contributed by atoms with van der Waals surface area (Å²) in [7, 11) is 1.84. The molecule has 2 heterocycles. The highest BCUT2D eigenvalue weighted by Crippen LogP contribution is 2.26. The molecule has 0 bridgehead atoms. The number of hydrogen-bond acceptors (Lipinski definition) is 4. The second kappa shape index (κ2) is 7.58. The molecule has 0 saturated heterocycles. The Hall–Kier alpha value is -2.96. The van der Waals surface area contributed by atoms with Crippen molar-refractivity contribution in [3.05, 3.63) is 53.2 Å². The molecule has 0 radical (unpaired) electrons. The van der Waals surface area contributed by atoms with E-state index in [1.165, 1.54) is 17.1 Å². The van der Waals surface area contributed by atoms with Crippen LogP contribution in [0.3, 0.4) is 0 Å². The Morgan fingerprint density at radius 2 is 1.89 bits per heavy atom. The minimum atomic E-state index is -0.244. The maximum absolute atomic E-state index is 12.8. The van der Waals surface area contributed by atoms with Crippen LogP contribution in [-0.4, -0.2) is 43.2 Å². The quantitative estimate of drug-likeness (QED) is 0.698. The molecule has 1 aliphatic rings. The van der Waals surface area contributed by atoms with Crippen molar-refractivity contribution in [3.8, 4) is 5.69 Å². The van der Waals surface area contributed by atoms with Crippen LogP contribution in [-0.2, 0) is 11.3 Å². The Balaban J connectivity index is 1.56. The summed E-state index contributed by atoms with van der Waals surface area (Å²) in [4.78, 5) is 31.8. The zero-order chi connectivity index (χ0) is 19.7. The molecule has 1 aromatic carbocycles. The number of carbonyl (C=O) groups is 1. The third kappa shape index (κ3) is 3.44. The van der Waals surface area contributed by atoms with Crippen LogP contribution in [0, 0.1) is 5.92 Å². The molecule has 0 N–H and O–H groups in total. The number of carbonyl (C=O) groups excluding carboxylic acids is 1. The molecular weight excluding hydrogens is 354 g/mol. The van der Waals surface area contributed by atoms with Crippen molar-refractivity contribution in [1.82, 2.24) is 24.2 Å². The van der Waals surface area contributed by atoms with E-state index in [9.17, 15) is 9.59 Å². The van der Waals surface area contributed by atoms with Crippen LogP contribution in [0.5, 0.6) is 0 Å². The Labute approximate surface area is 163 Å². The maximum Gasteiger partial charge on any atom is 0.264 e. The smallest absolute Gasteiger partial charge is 0.264 e. The van der Waals surface area contributed by atoms with Crippen LogP contribution in [0.15, 0.2) is 47.7 Å². The number of fused-ring (bicyclic) bond motifs is 1. The van der Waals surface area contributed by atoms with Crippen LogP contribution >= 0.6 is 0 Å². The van der Waals surface area contributed by atoms with Gasteiger partial charge in [0.15, 0.2) is 5.65 Å². The first-order valence-corrected chi connectivity index (χ1v) is 9.79. The van der Waals surface area contributed by atoms with Crippen molar-refractivity contribution in [3.63, 3.8) is 0 Å². The highest BCUT2D eigenvalue weighted by Gasteiger charge is 2.25. The largest absolute Gasteiger partial charge is 0.341 e. The molecule has 1 amide bonds. The third-order valence-corrected chi connectivity index (χ3v) is 5.79. The Morgan fingerprint density at radius 1 is 1.18 bits per heavy atom. The van der Waals surface area contributed by atoms with Crippen LogP contribution in [0.4, 0.5) is 0 Å². The highest BCUT2D eigenvalue weighted by atomic mass is 16.2. The van der Waals surface area contributed by atoms with Crippen molar-refractivity contribution in [2.24, 2.45) is 5.92 Å². The van der Waals surface area contributed by atoms with E-state index in [1.54, 1.807) is 9.58 Å². The predicted octanol–water partition coefficient (Wildman–Crippen LogP) is 2.62. The second-order valence-electron chi connectivity index (χ2n) is 7.73. The Morgan fingerprint density at radius 3 is 2.61 bits per heavy atom. The lowest BCUT2D eigenvalue weighted by Crippen LogP contribution is -2.42. The molecule has 1 saturated carbocycles. The van der Waals surface area contributed by atoms with E-state index in [1.807, 2.05) is 37.4 Å². The van der Waals surface area contributed by atoms with Gasteiger partial charge in [0.25, 0.3) is 5.56 Å². The third-order valence-electron chi connectivity index (χ3n) is 5.79. The normalized spacial score (nSPS) is 19.6. The molecule has 3 aromatic rings. The lowest BCUT2D eigenvalue weighted by molar-refractivity contribution is -0.133. The summed E-state index contributed by atoms with van der Waals surface area (Å²) in [5.74, 6) is 0.674. The van der Waals surface area contributed by atoms with Crippen molar-refractivity contribution < 1.29 is 4.79 Å². The molecule has 0 spiro atoms. The van der Waals surface area contributed by atoms with Gasteiger partial charge < -0.3 is 4.90 Å². The number of rotatable bonds is 4. The molecule has 1 fully saturated rings. The first kappa shape index (κ1) is 18.4. The topological polar surface area (TPSA) is 73.0 Å². The fourth-order valence-corrected chi connectivity index (χ4v) is 3.91. The van der Waals surface area contributed by atoms with Gasteiger partial charge in [-0.25, -0.2) is 9.67 Å². The molecule has 0 atom stereocenters. The number of likely N-dealkylation sites (N-methyl/N-ethyl adjacent to an activating group) is 1. The number of hydrogen-bond donors (Lipinski definition) is 0. The Bertz CT molecular complexity index is 1030. The number of para-hydroxylation sites is 1. The molecule has 28 heavy (non-hydrogen) atoms. The summed E-state index contributed by atoms with van der Waals surface area (Å²) >= 11 is 0. The molecule has 4 rings (SSSR count). The van der Waals surface area contributed by atoms with Gasteiger partial charge in [-0.3, -0.25) is 14.2 Å². The molecule has 146 valence electrons. The molecule has 7 nitrogen and oxygen atoms in total. The van der Waals surface area contributed by atoms with E-state index in [4.69, 9.17) is 0 Å². The maximum atomic E-state index is 12.8. The number of benzene rings is 1. The lowest BCUT2D eigenvalue weighted by Gasteiger charge is -2.33. The van der Waals surface area contributed by atoms with Crippen molar-refractivity contribution >= 4 is 16.9 Å². The second-order valence-corrected chi connectivity index (χ2v) is 7.73. The monoisotopic (exact) mass is 379 g/mol. The van der Waals surface area contributed by atoms with E-state index >= 15 is 0 Å². The standard InChI is InChI=1S/C21H25N5O2/c1-15-8-10-16(11-9-15)24(2)19(27)13-25-14-22-20-18(21(25)28)12-23-26(20)17-6-4-3-5-7-17/h3-7,12,14-16H,8-11,13H2,1-2H3. The molecule has 2 aromatic heterocycles. The van der Waals surface area contributed by atoms with Gasteiger partial charge in [-0.2, -0.15) is 5.10 Å². The number of aromatic nitrogens is 4. The first-order valence-electron chi connectivity index (χ1n) is 9.79. The van der Waals surface area contributed by atoms with Gasteiger partial charge in [0.2, 0.25) is 5.91 Å². The summed E-state index contributed by atoms with van der Waals surface area (Å²) in [5.41, 5.74) is 1.09. The fourth-order valence-electron chi connectivity index (χ4n) is 3.91. The lowest BCUT2D eigenvalue weighted by atomic mass is 9.87. The van der Waals surface area contributed by atoms with Crippen LogP contribution in [0.2, 0.25) is 0 Å². The van der Waals surface area contributed by atoms with E-state index in [2.05, 4.69) is 17.0 Å². The van der Waals surface area contributed by atoms with Gasteiger partial charge in [0.05, 0.1) is 11.9 Å². The van der Waals surface area contributed by atoms with E-state index in [-0.39, 0.29) is 24.1 Å². The van der Waals surface area contributed by atoms with E-state index in [0.29, 0.717) is 11.0 Å². The fraction of sp³-hybridized carbons (Fsp3) is 0.429. The van der Waals surface area contributed by atoms with Gasteiger partial charge in [0, 0.05) is 13.1 Å². The van der Waals surface area contributed by atoms with Crippen LogP contribution < -0.4 is 5.56 Å². The molecule has 0 unspecified atom stereocenters. The van der Waals surface area contributed by atoms with Gasteiger partial charge >= 0.3 is 0 Å². The van der Waals surface area contributed by atoms with Gasteiger partial charge in [0.1, 0.15) is 18.3 Å². The summed E-state index contributed by atoms with van der Waals surface area (Å²) in [6.45, 7) is 2.26. The van der Waals surface area contributed by atoms with Gasteiger partial charge in [-0.15, -0.1) is 0 Å². The number of nitrogens with zero attached hydrogens (tertiary/aromatic N) is 5. The minimum absolute atomic E-state index is 0.000837. The molecule has 7 heteroatoms. The average molecular weight is 379 g/mol. The highest BCUT2D eigenvalue weighted by molar-refractivity contribution is 5.78. The van der Waals surface area contributed by atoms with E-state index in [0.717, 1.165) is 37.3 Å². The van der Waals surface area contributed by atoms with Crippen LogP contribution in [0.1, 0.15) is 32.6 Å². The summed E-state index contributed by atoms with van der Waals surface area (Å²) in [5, 5.41) is 4.72.